The fourth-order valence-corrected chi connectivity index (χ4v) is 2.06. The predicted molar refractivity (Wildman–Crippen MR) is 65.5 cm³/mol. The monoisotopic (exact) mass is 255 g/mol. The summed E-state index contributed by atoms with van der Waals surface area (Å²) in [5, 5.41) is 2.82. The highest BCUT2D eigenvalue weighted by Crippen LogP contribution is 2.47. The number of nitrogens with one attached hydrogen (secondary N) is 1. The van der Waals surface area contributed by atoms with E-state index >= 15 is 0 Å². The van der Waals surface area contributed by atoms with Crippen molar-refractivity contribution >= 4 is 17.5 Å². The van der Waals surface area contributed by atoms with Gasteiger partial charge in [-0.05, 0) is 42.4 Å². The highest BCUT2D eigenvalue weighted by Gasteiger charge is 2.42. The Labute approximate surface area is 105 Å². The van der Waals surface area contributed by atoms with Crippen LogP contribution >= 0.6 is 11.6 Å². The smallest absolute Gasteiger partial charge is 0.234 e. The minimum atomic E-state index is -0.214. The molecule has 1 amide bonds. The molecule has 0 radical (unpaired) electrons. The Hall–Kier alpha value is -1.09. The van der Waals surface area contributed by atoms with E-state index in [0.717, 1.165) is 24.8 Å². The number of alkyl halides is 1. The molecule has 92 valence electrons. The number of hydrogen-bond donors (Lipinski definition) is 1. The van der Waals surface area contributed by atoms with Crippen LogP contribution in [-0.4, -0.2) is 18.3 Å². The molecule has 4 heteroatoms. The van der Waals surface area contributed by atoms with Gasteiger partial charge in [-0.1, -0.05) is 12.1 Å². The van der Waals surface area contributed by atoms with E-state index < -0.39 is 0 Å². The Bertz CT molecular complexity index is 400. The van der Waals surface area contributed by atoms with Crippen molar-refractivity contribution in [3.8, 4) is 0 Å². The summed E-state index contributed by atoms with van der Waals surface area (Å²) < 4.78 is 12.8. The fourth-order valence-electron chi connectivity index (χ4n) is 1.96. The summed E-state index contributed by atoms with van der Waals surface area (Å²) in [5.74, 6) is -0.335. The Morgan fingerprint density at radius 1 is 1.35 bits per heavy atom. The van der Waals surface area contributed by atoms with E-state index in [2.05, 4.69) is 5.32 Å². The van der Waals surface area contributed by atoms with Crippen molar-refractivity contribution in [3.05, 3.63) is 35.6 Å². The third-order valence-electron chi connectivity index (χ3n) is 3.23. The molecule has 1 fully saturated rings. The number of halogens is 2. The van der Waals surface area contributed by atoms with E-state index in [1.807, 2.05) is 0 Å². The quantitative estimate of drug-likeness (QED) is 0.805. The first-order valence-electron chi connectivity index (χ1n) is 5.71. The van der Waals surface area contributed by atoms with Gasteiger partial charge in [-0.15, -0.1) is 11.6 Å². The molecular weight excluding hydrogens is 241 g/mol. The van der Waals surface area contributed by atoms with Gasteiger partial charge < -0.3 is 5.32 Å². The predicted octanol–water partition coefficient (Wildman–Crippen LogP) is 2.50. The molecule has 0 bridgehead atoms. The zero-order valence-corrected chi connectivity index (χ0v) is 10.3. The summed E-state index contributed by atoms with van der Waals surface area (Å²) in [5.41, 5.74) is 1.28. The Balaban J connectivity index is 1.89. The number of carbonyl (C=O) groups excluding carboxylic acids is 1. The van der Waals surface area contributed by atoms with Crippen molar-refractivity contribution in [3.63, 3.8) is 0 Å². The number of amides is 1. The first-order chi connectivity index (χ1) is 8.13. The lowest BCUT2D eigenvalue weighted by molar-refractivity contribution is -0.118. The lowest BCUT2D eigenvalue weighted by Gasteiger charge is -2.15. The largest absolute Gasteiger partial charge is 0.354 e. The van der Waals surface area contributed by atoms with Gasteiger partial charge in [0.25, 0.3) is 0 Å². The molecule has 2 nitrogen and oxygen atoms in total. The topological polar surface area (TPSA) is 29.1 Å². The van der Waals surface area contributed by atoms with E-state index in [0.29, 0.717) is 6.54 Å². The van der Waals surface area contributed by atoms with E-state index in [9.17, 15) is 9.18 Å². The molecule has 1 aliphatic carbocycles. The molecule has 1 saturated carbocycles. The number of hydrogen-bond acceptors (Lipinski definition) is 1. The number of carbonyl (C=O) groups is 1. The van der Waals surface area contributed by atoms with Crippen molar-refractivity contribution in [2.75, 3.05) is 12.4 Å². The van der Waals surface area contributed by atoms with Crippen LogP contribution in [0, 0.1) is 11.2 Å². The summed E-state index contributed by atoms with van der Waals surface area (Å²) in [7, 11) is 0. The van der Waals surface area contributed by atoms with E-state index in [-0.39, 0.29) is 23.0 Å². The van der Waals surface area contributed by atoms with Gasteiger partial charge in [0.1, 0.15) is 11.7 Å². The van der Waals surface area contributed by atoms with Crippen LogP contribution in [0.3, 0.4) is 0 Å². The second kappa shape index (κ2) is 5.05. The maximum Gasteiger partial charge on any atom is 0.234 e. The molecule has 1 aromatic carbocycles. The SMILES string of the molecule is O=C(CCl)NCC1(Cc2ccc(F)cc2)CC1. The number of benzene rings is 1. The van der Waals surface area contributed by atoms with E-state index in [1.165, 1.54) is 12.1 Å². The van der Waals surface area contributed by atoms with Gasteiger partial charge in [0.2, 0.25) is 5.91 Å². The average Bonchev–Trinajstić information content (AvgIpc) is 3.10. The van der Waals surface area contributed by atoms with Crippen LogP contribution < -0.4 is 5.32 Å². The summed E-state index contributed by atoms with van der Waals surface area (Å²) >= 11 is 5.43. The van der Waals surface area contributed by atoms with Crippen LogP contribution in [-0.2, 0) is 11.2 Å². The Kier molecular flexibility index (Phi) is 3.67. The lowest BCUT2D eigenvalue weighted by Crippen LogP contribution is -2.31. The zero-order valence-electron chi connectivity index (χ0n) is 9.51. The minimum Gasteiger partial charge on any atom is -0.354 e. The second-order valence-corrected chi connectivity index (χ2v) is 4.98. The van der Waals surface area contributed by atoms with Crippen LogP contribution in [0.2, 0.25) is 0 Å². The van der Waals surface area contributed by atoms with Crippen LogP contribution in [0.1, 0.15) is 18.4 Å². The fraction of sp³-hybridized carbons (Fsp3) is 0.462. The molecule has 2 rings (SSSR count). The van der Waals surface area contributed by atoms with Gasteiger partial charge in [0.15, 0.2) is 0 Å². The van der Waals surface area contributed by atoms with Crippen LogP contribution in [0.5, 0.6) is 0 Å². The average molecular weight is 256 g/mol. The van der Waals surface area contributed by atoms with Crippen molar-refractivity contribution in [2.24, 2.45) is 5.41 Å². The molecule has 0 spiro atoms. The van der Waals surface area contributed by atoms with Gasteiger partial charge in [-0.25, -0.2) is 4.39 Å². The van der Waals surface area contributed by atoms with Crippen LogP contribution in [0.25, 0.3) is 0 Å². The van der Waals surface area contributed by atoms with E-state index in [1.54, 1.807) is 12.1 Å². The molecule has 1 N–H and O–H groups in total. The van der Waals surface area contributed by atoms with Crippen molar-refractivity contribution < 1.29 is 9.18 Å². The van der Waals surface area contributed by atoms with Gasteiger partial charge in [0, 0.05) is 6.54 Å². The van der Waals surface area contributed by atoms with Crippen molar-refractivity contribution in [1.82, 2.24) is 5.32 Å². The molecule has 0 saturated heterocycles. The Morgan fingerprint density at radius 3 is 2.53 bits per heavy atom. The molecule has 0 aliphatic heterocycles. The molecular formula is C13H15ClFNO. The number of rotatable bonds is 5. The zero-order chi connectivity index (χ0) is 12.3. The third kappa shape index (κ3) is 3.43. The van der Waals surface area contributed by atoms with Gasteiger partial charge in [0.05, 0.1) is 0 Å². The molecule has 17 heavy (non-hydrogen) atoms. The summed E-state index contributed by atoms with van der Waals surface area (Å²) in [6, 6.07) is 6.56. The lowest BCUT2D eigenvalue weighted by atomic mass is 9.96. The normalized spacial score (nSPS) is 16.6. The Morgan fingerprint density at radius 2 is 2.00 bits per heavy atom. The second-order valence-electron chi connectivity index (χ2n) is 4.71. The molecule has 0 aromatic heterocycles. The van der Waals surface area contributed by atoms with Gasteiger partial charge in [-0.3, -0.25) is 4.79 Å². The highest BCUT2D eigenvalue weighted by atomic mass is 35.5. The maximum atomic E-state index is 12.8. The first-order valence-corrected chi connectivity index (χ1v) is 6.24. The van der Waals surface area contributed by atoms with Gasteiger partial charge >= 0.3 is 0 Å². The van der Waals surface area contributed by atoms with Crippen LogP contribution in [0.4, 0.5) is 4.39 Å². The maximum absolute atomic E-state index is 12.8. The summed E-state index contributed by atoms with van der Waals surface area (Å²) in [6.07, 6.45) is 3.09. The molecule has 0 atom stereocenters. The minimum absolute atomic E-state index is 0.00658. The molecule has 0 unspecified atom stereocenters. The van der Waals surface area contributed by atoms with Crippen molar-refractivity contribution in [1.29, 1.82) is 0 Å². The van der Waals surface area contributed by atoms with E-state index in [4.69, 9.17) is 11.6 Å². The summed E-state index contributed by atoms with van der Waals surface area (Å²) in [4.78, 5) is 11.1. The van der Waals surface area contributed by atoms with Crippen LogP contribution in [0.15, 0.2) is 24.3 Å². The molecule has 1 aliphatic rings. The molecule has 1 aromatic rings. The van der Waals surface area contributed by atoms with Gasteiger partial charge in [-0.2, -0.15) is 0 Å². The van der Waals surface area contributed by atoms with Crippen molar-refractivity contribution in [2.45, 2.75) is 19.3 Å². The third-order valence-corrected chi connectivity index (χ3v) is 3.47. The molecule has 0 heterocycles. The first kappa shape index (κ1) is 12.4. The highest BCUT2D eigenvalue weighted by molar-refractivity contribution is 6.27. The summed E-state index contributed by atoms with van der Waals surface area (Å²) in [6.45, 7) is 0.663. The standard InChI is InChI=1S/C13H15ClFNO/c14-8-12(17)16-9-13(5-6-13)7-10-1-3-11(15)4-2-10/h1-4H,5-9H2,(H,16,17).